The third-order valence-corrected chi connectivity index (χ3v) is 5.76. The van der Waals surface area contributed by atoms with Crippen molar-refractivity contribution >= 4 is 17.6 Å². The number of para-hydroxylation sites is 1. The van der Waals surface area contributed by atoms with Crippen LogP contribution in [0.2, 0.25) is 0 Å². The van der Waals surface area contributed by atoms with Gasteiger partial charge < -0.3 is 10.5 Å². The number of carbonyl (C=O) groups excluding carboxylic acids is 2. The number of nitrogens with two attached hydrogens (primary N) is 1. The zero-order valence-corrected chi connectivity index (χ0v) is 18.7. The number of rotatable bonds is 6. The Morgan fingerprint density at radius 3 is 2.56 bits per heavy atom. The van der Waals surface area contributed by atoms with E-state index in [1.54, 1.807) is 29.2 Å². The molecule has 0 fully saturated rings. The quantitative estimate of drug-likeness (QED) is 0.640. The lowest BCUT2D eigenvalue weighted by molar-refractivity contribution is -0.120. The van der Waals surface area contributed by atoms with Crippen molar-refractivity contribution in [2.24, 2.45) is 5.73 Å². The Kier molecular flexibility index (Phi) is 5.99. The third-order valence-electron chi connectivity index (χ3n) is 5.76. The van der Waals surface area contributed by atoms with Crippen molar-refractivity contribution in [3.05, 3.63) is 65.4 Å². The first-order chi connectivity index (χ1) is 15.4. The van der Waals surface area contributed by atoms with Crippen molar-refractivity contribution in [2.45, 2.75) is 39.7 Å². The van der Waals surface area contributed by atoms with Crippen LogP contribution in [0.4, 0.5) is 5.82 Å². The van der Waals surface area contributed by atoms with Crippen LogP contribution in [0.1, 0.15) is 47.8 Å². The molecule has 7 heteroatoms. The van der Waals surface area contributed by atoms with Gasteiger partial charge in [0.05, 0.1) is 11.3 Å². The molecule has 2 heterocycles. The summed E-state index contributed by atoms with van der Waals surface area (Å²) in [6.45, 7) is 7.46. The minimum atomic E-state index is -0.590. The van der Waals surface area contributed by atoms with Crippen LogP contribution < -0.4 is 15.4 Å². The number of amides is 2. The molecule has 1 aliphatic heterocycles. The van der Waals surface area contributed by atoms with E-state index in [0.29, 0.717) is 18.2 Å². The number of fused-ring (bicyclic) bond motifs is 1. The standard InChI is InChI=1S/C25H28N4O3/c1-16(2)18-9-4-5-10-19(18)23-17(3)27-29-14-8-13-28(25(23)29)22(30)15-32-21-12-7-6-11-20(21)24(26)31/h4-7,9-12,16H,8,13-15H2,1-3H3,(H2,26,31). The summed E-state index contributed by atoms with van der Waals surface area (Å²) in [6, 6.07) is 15.0. The van der Waals surface area contributed by atoms with Gasteiger partial charge in [0.15, 0.2) is 6.61 Å². The lowest BCUT2D eigenvalue weighted by Crippen LogP contribution is -2.40. The van der Waals surface area contributed by atoms with Crippen LogP contribution in [0.5, 0.6) is 5.75 Å². The molecule has 0 saturated heterocycles. The zero-order chi connectivity index (χ0) is 22.8. The van der Waals surface area contributed by atoms with Crippen molar-refractivity contribution < 1.29 is 14.3 Å². The maximum absolute atomic E-state index is 13.3. The molecule has 7 nitrogen and oxygen atoms in total. The molecule has 0 spiro atoms. The minimum absolute atomic E-state index is 0.187. The number of nitrogens with zero attached hydrogens (tertiary/aromatic N) is 3. The molecule has 0 aliphatic carbocycles. The Labute approximate surface area is 187 Å². The number of hydrogen-bond acceptors (Lipinski definition) is 4. The van der Waals surface area contributed by atoms with E-state index >= 15 is 0 Å². The van der Waals surface area contributed by atoms with Gasteiger partial charge in [-0.05, 0) is 42.5 Å². The SMILES string of the molecule is Cc1nn2c(c1-c1ccccc1C(C)C)N(C(=O)COc1ccccc1C(N)=O)CCC2. The molecule has 1 aromatic heterocycles. The molecule has 1 aliphatic rings. The predicted octanol–water partition coefficient (Wildman–Crippen LogP) is 3.90. The number of aromatic nitrogens is 2. The summed E-state index contributed by atoms with van der Waals surface area (Å²) in [4.78, 5) is 26.7. The zero-order valence-electron chi connectivity index (χ0n) is 18.7. The van der Waals surface area contributed by atoms with Gasteiger partial charge in [0, 0.05) is 18.7 Å². The lowest BCUT2D eigenvalue weighted by atomic mass is 9.92. The van der Waals surface area contributed by atoms with Crippen LogP contribution in [-0.2, 0) is 11.3 Å². The monoisotopic (exact) mass is 432 g/mol. The Balaban J connectivity index is 1.67. The number of ether oxygens (including phenoxy) is 1. The molecule has 0 atom stereocenters. The first-order valence-corrected chi connectivity index (χ1v) is 10.9. The van der Waals surface area contributed by atoms with E-state index in [-0.39, 0.29) is 18.1 Å². The summed E-state index contributed by atoms with van der Waals surface area (Å²) in [5.41, 5.74) is 9.88. The van der Waals surface area contributed by atoms with Crippen LogP contribution in [0.25, 0.3) is 11.1 Å². The van der Waals surface area contributed by atoms with Crippen molar-refractivity contribution in [3.8, 4) is 16.9 Å². The third kappa shape index (κ3) is 3.98. The summed E-state index contributed by atoms with van der Waals surface area (Å²) < 4.78 is 7.64. The van der Waals surface area contributed by atoms with Crippen LogP contribution >= 0.6 is 0 Å². The van der Waals surface area contributed by atoms with Crippen molar-refractivity contribution in [3.63, 3.8) is 0 Å². The fraction of sp³-hybridized carbons (Fsp3) is 0.320. The predicted molar refractivity (Wildman–Crippen MR) is 124 cm³/mol. The highest BCUT2D eigenvalue weighted by Crippen LogP contribution is 2.39. The van der Waals surface area contributed by atoms with Crippen molar-refractivity contribution in [1.29, 1.82) is 0 Å². The number of carbonyl (C=O) groups is 2. The van der Waals surface area contributed by atoms with Gasteiger partial charge >= 0.3 is 0 Å². The molecule has 2 amide bonds. The molecule has 4 rings (SSSR count). The Hall–Kier alpha value is -3.61. The number of hydrogen-bond donors (Lipinski definition) is 1. The number of anilines is 1. The Morgan fingerprint density at radius 1 is 1.09 bits per heavy atom. The smallest absolute Gasteiger partial charge is 0.266 e. The van der Waals surface area contributed by atoms with E-state index in [2.05, 4.69) is 26.0 Å². The molecular weight excluding hydrogens is 404 g/mol. The number of benzene rings is 2. The first kappa shape index (κ1) is 21.6. The van der Waals surface area contributed by atoms with Crippen molar-refractivity contribution in [1.82, 2.24) is 9.78 Å². The van der Waals surface area contributed by atoms with Gasteiger partial charge in [-0.3, -0.25) is 14.5 Å². The average Bonchev–Trinajstić information content (AvgIpc) is 3.13. The van der Waals surface area contributed by atoms with Gasteiger partial charge in [-0.25, -0.2) is 4.68 Å². The maximum Gasteiger partial charge on any atom is 0.266 e. The average molecular weight is 433 g/mol. The summed E-state index contributed by atoms with van der Waals surface area (Å²) >= 11 is 0. The highest BCUT2D eigenvalue weighted by Gasteiger charge is 2.30. The largest absolute Gasteiger partial charge is 0.483 e. The first-order valence-electron chi connectivity index (χ1n) is 10.9. The fourth-order valence-corrected chi connectivity index (χ4v) is 4.28. The van der Waals surface area contributed by atoms with Gasteiger partial charge in [-0.2, -0.15) is 5.10 Å². The van der Waals surface area contributed by atoms with Crippen molar-refractivity contribution in [2.75, 3.05) is 18.1 Å². The van der Waals surface area contributed by atoms with E-state index in [1.807, 2.05) is 23.7 Å². The molecule has 2 N–H and O–H groups in total. The fourth-order valence-electron chi connectivity index (χ4n) is 4.28. The molecule has 2 aromatic carbocycles. The van der Waals surface area contributed by atoms with E-state index in [0.717, 1.165) is 35.6 Å². The summed E-state index contributed by atoms with van der Waals surface area (Å²) in [7, 11) is 0. The molecule has 0 unspecified atom stereocenters. The lowest BCUT2D eigenvalue weighted by Gasteiger charge is -2.29. The van der Waals surface area contributed by atoms with Crippen LogP contribution in [0.3, 0.4) is 0 Å². The van der Waals surface area contributed by atoms with Gasteiger partial charge in [0.2, 0.25) is 0 Å². The summed E-state index contributed by atoms with van der Waals surface area (Å²) in [6.07, 6.45) is 0.809. The van der Waals surface area contributed by atoms with Gasteiger partial charge in [-0.15, -0.1) is 0 Å². The highest BCUT2D eigenvalue weighted by atomic mass is 16.5. The second kappa shape index (κ2) is 8.86. The van der Waals surface area contributed by atoms with Crippen LogP contribution in [0.15, 0.2) is 48.5 Å². The van der Waals surface area contributed by atoms with Gasteiger partial charge in [0.1, 0.15) is 11.6 Å². The van der Waals surface area contributed by atoms with Gasteiger partial charge in [-0.1, -0.05) is 50.2 Å². The second-order valence-electron chi connectivity index (χ2n) is 8.30. The van der Waals surface area contributed by atoms with E-state index in [4.69, 9.17) is 15.6 Å². The molecule has 32 heavy (non-hydrogen) atoms. The molecule has 0 saturated carbocycles. The normalized spacial score (nSPS) is 13.2. The summed E-state index contributed by atoms with van der Waals surface area (Å²) in [5.74, 6) is 0.669. The second-order valence-corrected chi connectivity index (χ2v) is 8.30. The van der Waals surface area contributed by atoms with Gasteiger partial charge in [0.25, 0.3) is 11.8 Å². The summed E-state index contributed by atoms with van der Waals surface area (Å²) in [5, 5.41) is 4.74. The Morgan fingerprint density at radius 2 is 1.81 bits per heavy atom. The van der Waals surface area contributed by atoms with E-state index in [1.165, 1.54) is 5.56 Å². The molecule has 0 bridgehead atoms. The topological polar surface area (TPSA) is 90.4 Å². The van der Waals surface area contributed by atoms with E-state index < -0.39 is 5.91 Å². The van der Waals surface area contributed by atoms with Crippen LogP contribution in [-0.4, -0.2) is 34.7 Å². The molecule has 3 aromatic rings. The molecule has 0 radical (unpaired) electrons. The molecule has 166 valence electrons. The minimum Gasteiger partial charge on any atom is -0.483 e. The maximum atomic E-state index is 13.3. The molecular formula is C25H28N4O3. The Bertz CT molecular complexity index is 1170. The van der Waals surface area contributed by atoms with E-state index in [9.17, 15) is 9.59 Å². The number of primary amides is 1. The number of aryl methyl sites for hydroxylation is 2. The van der Waals surface area contributed by atoms with Crippen LogP contribution in [0, 0.1) is 6.92 Å². The highest BCUT2D eigenvalue weighted by molar-refractivity contribution is 5.99.